The largest absolute Gasteiger partial charge is 0.369 e. The van der Waals surface area contributed by atoms with Crippen molar-refractivity contribution in [1.82, 2.24) is 19.5 Å². The van der Waals surface area contributed by atoms with Crippen molar-refractivity contribution in [3.05, 3.63) is 23.2 Å². The third-order valence-corrected chi connectivity index (χ3v) is 5.45. The Morgan fingerprint density at radius 3 is 2.80 bits per heavy atom. The first-order chi connectivity index (χ1) is 11.8. The van der Waals surface area contributed by atoms with E-state index in [9.17, 15) is 0 Å². The maximum absolute atomic E-state index is 5.42. The predicted molar refractivity (Wildman–Crippen MR) is 108 cm³/mol. The average molecular weight is 378 g/mol. The molecule has 1 aliphatic carbocycles. The fraction of sp³-hybridized carbons (Fsp3) is 0.500. The van der Waals surface area contributed by atoms with Crippen LogP contribution in [-0.4, -0.2) is 26.1 Å². The molecule has 0 radical (unpaired) electrons. The van der Waals surface area contributed by atoms with Gasteiger partial charge in [-0.2, -0.15) is 0 Å². The molecule has 3 aromatic rings. The summed E-state index contributed by atoms with van der Waals surface area (Å²) in [6.07, 6.45) is 8.41. The van der Waals surface area contributed by atoms with Crippen LogP contribution >= 0.6 is 24.6 Å². The number of hydrogen-bond donors (Lipinski definition) is 2. The van der Waals surface area contributed by atoms with E-state index in [1.165, 1.54) is 32.1 Å². The summed E-state index contributed by atoms with van der Waals surface area (Å²) in [4.78, 5) is 12.2. The second-order valence-electron chi connectivity index (χ2n) is 6.67. The summed E-state index contributed by atoms with van der Waals surface area (Å²) in [5.41, 5.74) is 3.11. The summed E-state index contributed by atoms with van der Waals surface area (Å²) in [5.74, 6) is 1.69. The molecule has 4 rings (SSSR count). The van der Waals surface area contributed by atoms with Gasteiger partial charge in [-0.25, -0.2) is 9.97 Å². The van der Waals surface area contributed by atoms with Crippen LogP contribution < -0.4 is 5.32 Å². The van der Waals surface area contributed by atoms with Gasteiger partial charge in [0.15, 0.2) is 4.77 Å². The van der Waals surface area contributed by atoms with Crippen LogP contribution in [0.3, 0.4) is 0 Å². The van der Waals surface area contributed by atoms with E-state index in [1.54, 1.807) is 6.33 Å². The number of aromatic amines is 1. The van der Waals surface area contributed by atoms with Crippen molar-refractivity contribution in [3.63, 3.8) is 0 Å². The minimum atomic E-state index is 0. The van der Waals surface area contributed by atoms with E-state index < -0.39 is 0 Å². The van der Waals surface area contributed by atoms with Gasteiger partial charge in [-0.05, 0) is 50.0 Å². The summed E-state index contributed by atoms with van der Waals surface area (Å²) in [5, 5.41) is 4.62. The first-order valence-electron chi connectivity index (χ1n) is 8.87. The number of nitrogens with zero attached hydrogens (tertiary/aromatic N) is 3. The van der Waals surface area contributed by atoms with E-state index in [0.29, 0.717) is 0 Å². The molecule has 1 aliphatic rings. The van der Waals surface area contributed by atoms with Crippen LogP contribution in [0.2, 0.25) is 0 Å². The molecule has 0 amide bonds. The van der Waals surface area contributed by atoms with Gasteiger partial charge >= 0.3 is 0 Å². The van der Waals surface area contributed by atoms with Gasteiger partial charge in [0.2, 0.25) is 0 Å². The number of anilines is 1. The number of nitrogens with one attached hydrogen (secondary N) is 2. The van der Waals surface area contributed by atoms with Gasteiger partial charge in [0.1, 0.15) is 12.1 Å². The van der Waals surface area contributed by atoms with Crippen molar-refractivity contribution >= 4 is 52.4 Å². The van der Waals surface area contributed by atoms with Gasteiger partial charge in [0, 0.05) is 18.5 Å². The maximum Gasteiger partial charge on any atom is 0.178 e. The molecule has 0 atom stereocenters. The molecule has 134 valence electrons. The molecule has 0 spiro atoms. The number of halogens is 1. The van der Waals surface area contributed by atoms with E-state index in [2.05, 4.69) is 43.9 Å². The molecule has 2 heterocycles. The Bertz CT molecular complexity index is 926. The molecule has 2 aromatic heterocycles. The van der Waals surface area contributed by atoms with Crippen LogP contribution in [0.1, 0.15) is 39.0 Å². The third kappa shape index (κ3) is 3.51. The molecule has 7 heteroatoms. The summed E-state index contributed by atoms with van der Waals surface area (Å²) in [7, 11) is 0. The average Bonchev–Trinajstić information content (AvgIpc) is 2.93. The van der Waals surface area contributed by atoms with E-state index in [0.717, 1.165) is 51.5 Å². The molecule has 0 unspecified atom stereocenters. The molecule has 0 aliphatic heterocycles. The molecular formula is C18H24ClN5S. The summed E-state index contributed by atoms with van der Waals surface area (Å²) >= 11 is 5.42. The highest BCUT2D eigenvalue weighted by Gasteiger charge is 2.14. The second kappa shape index (κ2) is 7.70. The molecule has 0 saturated heterocycles. The molecule has 1 aromatic carbocycles. The van der Waals surface area contributed by atoms with Gasteiger partial charge in [-0.15, -0.1) is 12.4 Å². The quantitative estimate of drug-likeness (QED) is 0.623. The molecule has 0 bridgehead atoms. The Morgan fingerprint density at radius 2 is 2.04 bits per heavy atom. The number of hydrogen-bond acceptors (Lipinski definition) is 4. The molecule has 1 fully saturated rings. The summed E-state index contributed by atoms with van der Waals surface area (Å²) in [6.45, 7) is 3.95. The Balaban J connectivity index is 0.00000182. The second-order valence-corrected chi connectivity index (χ2v) is 7.05. The summed E-state index contributed by atoms with van der Waals surface area (Å²) < 4.78 is 2.86. The highest BCUT2D eigenvalue weighted by molar-refractivity contribution is 7.71. The van der Waals surface area contributed by atoms with Gasteiger partial charge in [-0.1, -0.05) is 19.3 Å². The number of aromatic nitrogens is 4. The predicted octanol–water partition coefficient (Wildman–Crippen LogP) is 5.08. The molecule has 5 nitrogen and oxygen atoms in total. The zero-order valence-electron chi connectivity index (χ0n) is 14.4. The van der Waals surface area contributed by atoms with Crippen molar-refractivity contribution in [1.29, 1.82) is 0 Å². The highest BCUT2D eigenvalue weighted by atomic mass is 35.5. The van der Waals surface area contributed by atoms with Crippen LogP contribution in [0.15, 0.2) is 18.5 Å². The molecule has 2 N–H and O–H groups in total. The van der Waals surface area contributed by atoms with Crippen LogP contribution in [-0.2, 0) is 6.54 Å². The molecule has 1 saturated carbocycles. The van der Waals surface area contributed by atoms with E-state index in [4.69, 9.17) is 12.2 Å². The topological polar surface area (TPSA) is 58.5 Å². The monoisotopic (exact) mass is 377 g/mol. The minimum Gasteiger partial charge on any atom is -0.369 e. The smallest absolute Gasteiger partial charge is 0.178 e. The Labute approximate surface area is 158 Å². The van der Waals surface area contributed by atoms with E-state index in [1.807, 2.05) is 0 Å². The van der Waals surface area contributed by atoms with Crippen LogP contribution in [0.25, 0.3) is 21.9 Å². The highest BCUT2D eigenvalue weighted by Crippen LogP contribution is 2.27. The zero-order valence-corrected chi connectivity index (χ0v) is 16.1. The molecule has 25 heavy (non-hydrogen) atoms. The fourth-order valence-corrected chi connectivity index (χ4v) is 4.13. The number of benzene rings is 1. The number of H-pyrrole nitrogens is 1. The van der Waals surface area contributed by atoms with Gasteiger partial charge in [0.25, 0.3) is 0 Å². The maximum atomic E-state index is 5.42. The van der Waals surface area contributed by atoms with Gasteiger partial charge in [-0.3, -0.25) is 0 Å². The first-order valence-corrected chi connectivity index (χ1v) is 9.28. The minimum absolute atomic E-state index is 0. The van der Waals surface area contributed by atoms with Crippen LogP contribution in [0.5, 0.6) is 0 Å². The van der Waals surface area contributed by atoms with Crippen LogP contribution in [0.4, 0.5) is 5.82 Å². The lowest BCUT2D eigenvalue weighted by atomic mass is 9.89. The van der Waals surface area contributed by atoms with Crippen molar-refractivity contribution < 1.29 is 0 Å². The zero-order chi connectivity index (χ0) is 16.5. The lowest BCUT2D eigenvalue weighted by Gasteiger charge is -2.22. The third-order valence-electron chi connectivity index (χ3n) is 5.13. The van der Waals surface area contributed by atoms with E-state index >= 15 is 0 Å². The number of imidazole rings is 1. The number of rotatable bonds is 4. The van der Waals surface area contributed by atoms with E-state index in [-0.39, 0.29) is 12.4 Å². The van der Waals surface area contributed by atoms with Gasteiger partial charge in [0.05, 0.1) is 16.6 Å². The number of fused-ring (bicyclic) bond motifs is 2. The Morgan fingerprint density at radius 1 is 1.24 bits per heavy atom. The lowest BCUT2D eigenvalue weighted by molar-refractivity contribution is 0.373. The van der Waals surface area contributed by atoms with Crippen molar-refractivity contribution in [3.8, 4) is 0 Å². The SMILES string of the molecule is CCn1c(=S)[nH]c2cc3c(NCC4CCCCC4)ncnc3cc21.Cl. The van der Waals surface area contributed by atoms with Crippen molar-refractivity contribution in [2.45, 2.75) is 45.6 Å². The lowest BCUT2D eigenvalue weighted by Crippen LogP contribution is -2.17. The first kappa shape index (κ1) is 18.1. The van der Waals surface area contributed by atoms with Crippen molar-refractivity contribution in [2.75, 3.05) is 11.9 Å². The Kier molecular flexibility index (Phi) is 5.59. The molecular weight excluding hydrogens is 354 g/mol. The van der Waals surface area contributed by atoms with Gasteiger partial charge < -0.3 is 14.9 Å². The van der Waals surface area contributed by atoms with Crippen molar-refractivity contribution in [2.24, 2.45) is 5.92 Å². The summed E-state index contributed by atoms with van der Waals surface area (Å²) in [6, 6.07) is 4.23. The fourth-order valence-electron chi connectivity index (χ4n) is 3.79. The van der Waals surface area contributed by atoms with Crippen LogP contribution in [0, 0.1) is 10.7 Å². The Hall–Kier alpha value is -1.66. The number of aryl methyl sites for hydroxylation is 1. The standard InChI is InChI=1S/C18H23N5S.ClH/c1-2-23-16-9-14-13(8-15(16)22-18(23)24)17(21-11-20-14)19-10-12-6-4-3-5-7-12;/h8-9,11-12H,2-7,10H2,1H3,(H,22,24)(H,19,20,21);1H. The normalized spacial score (nSPS) is 15.4.